The van der Waals surface area contributed by atoms with Gasteiger partial charge in [0.05, 0.1) is 6.61 Å². The Bertz CT molecular complexity index is 431. The molecule has 2 N–H and O–H groups in total. The minimum Gasteiger partial charge on any atom is -0.381 e. The first-order valence-corrected chi connectivity index (χ1v) is 7.63. The maximum atomic E-state index is 6.11. The third-order valence-electron chi connectivity index (χ3n) is 4.96. The number of nitrogens with zero attached hydrogens (tertiary/aromatic N) is 1. The number of hydrogen-bond donors (Lipinski definition) is 1. The molecular weight excluding hydrogens is 272 g/mol. The van der Waals surface area contributed by atoms with Crippen LogP contribution in [-0.4, -0.2) is 37.2 Å². The number of hydrogen-bond acceptors (Lipinski definition) is 3. The lowest BCUT2D eigenvalue weighted by Gasteiger charge is -2.45. The molecule has 1 aliphatic rings. The van der Waals surface area contributed by atoms with Crippen molar-refractivity contribution in [2.75, 3.05) is 26.8 Å². The Kier molecular flexibility index (Phi) is 5.08. The van der Waals surface area contributed by atoms with Crippen molar-refractivity contribution in [3.05, 3.63) is 34.9 Å². The fourth-order valence-corrected chi connectivity index (χ4v) is 3.16. The zero-order chi connectivity index (χ0) is 14.8. The molecule has 1 fully saturated rings. The lowest BCUT2D eigenvalue weighted by Crippen LogP contribution is -2.55. The van der Waals surface area contributed by atoms with E-state index in [0.717, 1.165) is 24.7 Å². The van der Waals surface area contributed by atoms with Crippen LogP contribution in [0.25, 0.3) is 0 Å². The molecule has 0 amide bonds. The molecule has 1 heterocycles. The van der Waals surface area contributed by atoms with Crippen molar-refractivity contribution in [2.24, 2.45) is 11.7 Å². The Morgan fingerprint density at radius 1 is 1.45 bits per heavy atom. The highest BCUT2D eigenvalue weighted by Gasteiger charge is 2.40. The quantitative estimate of drug-likeness (QED) is 0.907. The van der Waals surface area contributed by atoms with Gasteiger partial charge in [0.25, 0.3) is 0 Å². The maximum Gasteiger partial charge on any atom is 0.0513 e. The summed E-state index contributed by atoms with van der Waals surface area (Å²) in [6, 6.07) is 8.36. The molecule has 0 saturated carbocycles. The zero-order valence-corrected chi connectivity index (χ0v) is 13.4. The molecule has 0 bridgehead atoms. The van der Waals surface area contributed by atoms with E-state index in [0.29, 0.717) is 18.5 Å². The van der Waals surface area contributed by atoms with Crippen molar-refractivity contribution in [2.45, 2.75) is 31.8 Å². The van der Waals surface area contributed by atoms with Gasteiger partial charge in [-0.25, -0.2) is 0 Å². The number of benzene rings is 1. The Morgan fingerprint density at radius 2 is 2.10 bits per heavy atom. The lowest BCUT2D eigenvalue weighted by molar-refractivity contribution is 0.0381. The van der Waals surface area contributed by atoms with Crippen LogP contribution in [0.5, 0.6) is 0 Å². The highest BCUT2D eigenvalue weighted by molar-refractivity contribution is 6.30. The first-order chi connectivity index (χ1) is 9.49. The standard InChI is InChI=1S/C16H25ClN2O/c1-12(13-4-6-15(17)7-5-13)19(3)16(2,11-18)14-8-9-20-10-14/h4-7,12,14H,8-11,18H2,1-3H3. The van der Waals surface area contributed by atoms with Crippen molar-refractivity contribution < 1.29 is 4.74 Å². The molecule has 0 aromatic heterocycles. The Morgan fingerprint density at radius 3 is 2.60 bits per heavy atom. The molecule has 3 unspecified atom stereocenters. The molecule has 3 atom stereocenters. The van der Waals surface area contributed by atoms with Gasteiger partial charge in [0, 0.05) is 35.7 Å². The van der Waals surface area contributed by atoms with Crippen LogP contribution in [0.1, 0.15) is 31.9 Å². The molecule has 20 heavy (non-hydrogen) atoms. The van der Waals surface area contributed by atoms with Gasteiger partial charge in [-0.2, -0.15) is 0 Å². The summed E-state index contributed by atoms with van der Waals surface area (Å²) in [5.41, 5.74) is 7.32. The number of nitrogens with two attached hydrogens (primary N) is 1. The van der Waals surface area contributed by atoms with E-state index in [9.17, 15) is 0 Å². The zero-order valence-electron chi connectivity index (χ0n) is 12.6. The van der Waals surface area contributed by atoms with E-state index in [2.05, 4.69) is 37.9 Å². The second-order valence-corrected chi connectivity index (χ2v) is 6.40. The third kappa shape index (κ3) is 3.01. The van der Waals surface area contributed by atoms with Gasteiger partial charge >= 0.3 is 0 Å². The van der Waals surface area contributed by atoms with Crippen LogP contribution < -0.4 is 5.73 Å². The second kappa shape index (κ2) is 6.44. The number of ether oxygens (including phenoxy) is 1. The summed E-state index contributed by atoms with van der Waals surface area (Å²) in [6.07, 6.45) is 1.09. The minimum atomic E-state index is -0.0461. The Balaban J connectivity index is 2.18. The first-order valence-electron chi connectivity index (χ1n) is 7.25. The van der Waals surface area contributed by atoms with Gasteiger partial charge in [-0.3, -0.25) is 4.90 Å². The summed E-state index contributed by atoms with van der Waals surface area (Å²) in [5, 5.41) is 0.773. The van der Waals surface area contributed by atoms with E-state index in [1.165, 1.54) is 5.56 Å². The number of likely N-dealkylation sites (N-methyl/N-ethyl adjacent to an activating group) is 1. The first kappa shape index (κ1) is 15.8. The molecule has 1 aromatic rings. The maximum absolute atomic E-state index is 6.11. The van der Waals surface area contributed by atoms with E-state index < -0.39 is 0 Å². The minimum absolute atomic E-state index is 0.0461. The van der Waals surface area contributed by atoms with Crippen molar-refractivity contribution in [3.8, 4) is 0 Å². The summed E-state index contributed by atoms with van der Waals surface area (Å²) in [7, 11) is 2.16. The van der Waals surface area contributed by atoms with E-state index in [1.54, 1.807) is 0 Å². The summed E-state index contributed by atoms with van der Waals surface area (Å²) in [5.74, 6) is 0.493. The fourth-order valence-electron chi connectivity index (χ4n) is 3.03. The Labute approximate surface area is 127 Å². The molecule has 0 radical (unpaired) electrons. The van der Waals surface area contributed by atoms with Crippen LogP contribution in [0.4, 0.5) is 0 Å². The van der Waals surface area contributed by atoms with Crippen molar-refractivity contribution in [3.63, 3.8) is 0 Å². The molecule has 2 rings (SSSR count). The van der Waals surface area contributed by atoms with Crippen molar-refractivity contribution in [1.82, 2.24) is 4.90 Å². The molecule has 0 spiro atoms. The van der Waals surface area contributed by atoms with E-state index >= 15 is 0 Å². The number of rotatable bonds is 5. The molecule has 1 saturated heterocycles. The van der Waals surface area contributed by atoms with Crippen molar-refractivity contribution in [1.29, 1.82) is 0 Å². The molecule has 4 heteroatoms. The molecule has 1 aliphatic heterocycles. The van der Waals surface area contributed by atoms with Gasteiger partial charge in [-0.1, -0.05) is 23.7 Å². The second-order valence-electron chi connectivity index (χ2n) is 5.96. The predicted octanol–water partition coefficient (Wildman–Crippen LogP) is 3.09. The van der Waals surface area contributed by atoms with Crippen LogP contribution in [0.15, 0.2) is 24.3 Å². The van der Waals surface area contributed by atoms with Crippen LogP contribution in [0, 0.1) is 5.92 Å². The van der Waals surface area contributed by atoms with Gasteiger partial charge in [0.1, 0.15) is 0 Å². The molecule has 1 aromatic carbocycles. The summed E-state index contributed by atoms with van der Waals surface area (Å²) in [4.78, 5) is 2.38. The van der Waals surface area contributed by atoms with E-state index in [1.807, 2.05) is 12.1 Å². The largest absolute Gasteiger partial charge is 0.381 e. The summed E-state index contributed by atoms with van der Waals surface area (Å²) in [6.45, 7) is 6.76. The lowest BCUT2D eigenvalue weighted by atomic mass is 9.82. The average molecular weight is 297 g/mol. The van der Waals surface area contributed by atoms with Gasteiger partial charge in [0.2, 0.25) is 0 Å². The normalized spacial score (nSPS) is 23.8. The summed E-state index contributed by atoms with van der Waals surface area (Å²) < 4.78 is 5.56. The van der Waals surface area contributed by atoms with Crippen LogP contribution in [0.2, 0.25) is 5.02 Å². The van der Waals surface area contributed by atoms with Gasteiger partial charge in [-0.05, 0) is 45.0 Å². The van der Waals surface area contributed by atoms with E-state index in [-0.39, 0.29) is 5.54 Å². The average Bonchev–Trinajstić information content (AvgIpc) is 3.00. The Hall–Kier alpha value is -0.610. The van der Waals surface area contributed by atoms with Crippen LogP contribution >= 0.6 is 11.6 Å². The molecule has 112 valence electrons. The van der Waals surface area contributed by atoms with Crippen LogP contribution in [-0.2, 0) is 4.74 Å². The van der Waals surface area contributed by atoms with E-state index in [4.69, 9.17) is 22.1 Å². The van der Waals surface area contributed by atoms with Gasteiger partial charge in [-0.15, -0.1) is 0 Å². The fraction of sp³-hybridized carbons (Fsp3) is 0.625. The highest BCUT2D eigenvalue weighted by atomic mass is 35.5. The smallest absolute Gasteiger partial charge is 0.0513 e. The van der Waals surface area contributed by atoms with Gasteiger partial charge in [0.15, 0.2) is 0 Å². The molecule has 0 aliphatic carbocycles. The topological polar surface area (TPSA) is 38.5 Å². The monoisotopic (exact) mass is 296 g/mol. The predicted molar refractivity (Wildman–Crippen MR) is 84.0 cm³/mol. The van der Waals surface area contributed by atoms with Crippen LogP contribution in [0.3, 0.4) is 0 Å². The van der Waals surface area contributed by atoms with Gasteiger partial charge < -0.3 is 10.5 Å². The molecule has 3 nitrogen and oxygen atoms in total. The highest BCUT2D eigenvalue weighted by Crippen LogP contribution is 2.35. The SMILES string of the molecule is CC(c1ccc(Cl)cc1)N(C)C(C)(CN)C1CCOC1. The summed E-state index contributed by atoms with van der Waals surface area (Å²) >= 11 is 5.97. The third-order valence-corrected chi connectivity index (χ3v) is 5.21. The molecular formula is C16H25ClN2O. The van der Waals surface area contributed by atoms with Crippen molar-refractivity contribution >= 4 is 11.6 Å². The number of halogens is 1.